The van der Waals surface area contributed by atoms with E-state index in [9.17, 15) is 0 Å². The maximum absolute atomic E-state index is 5.67. The third-order valence-corrected chi connectivity index (χ3v) is 1.65. The second-order valence-electron chi connectivity index (χ2n) is 3.62. The van der Waals surface area contributed by atoms with Crippen LogP contribution in [0.15, 0.2) is 4.99 Å². The topological polar surface area (TPSA) is 41.6 Å². The molecule has 0 fully saturated rings. The molecule has 0 radical (unpaired) electrons. The fourth-order valence-corrected chi connectivity index (χ4v) is 0.778. The van der Waals surface area contributed by atoms with Crippen LogP contribution in [0.5, 0.6) is 0 Å². The highest BCUT2D eigenvalue weighted by Gasteiger charge is 1.97. The molecule has 3 heteroatoms. The van der Waals surface area contributed by atoms with E-state index in [1.807, 2.05) is 0 Å². The second-order valence-corrected chi connectivity index (χ2v) is 3.62. The van der Waals surface area contributed by atoms with Crippen molar-refractivity contribution in [1.29, 1.82) is 0 Å². The van der Waals surface area contributed by atoms with Crippen molar-refractivity contribution in [3.8, 4) is 0 Å². The monoisotopic (exact) mass is 171 g/mol. The Morgan fingerprint density at radius 2 is 2.00 bits per heavy atom. The Labute approximate surface area is 75.7 Å². The highest BCUT2D eigenvalue weighted by atomic mass is 15.0. The minimum atomic E-state index is 0.379. The van der Waals surface area contributed by atoms with E-state index in [4.69, 9.17) is 5.73 Å². The number of aliphatic imine (C=N–C) groups is 1. The first-order valence-corrected chi connectivity index (χ1v) is 4.48. The summed E-state index contributed by atoms with van der Waals surface area (Å²) in [5.74, 6) is 1.15. The average molecular weight is 171 g/mol. The number of hydrogen-bond donors (Lipinski definition) is 1. The number of hydrogen-bond acceptors (Lipinski definition) is 2. The summed E-state index contributed by atoms with van der Waals surface area (Å²) in [4.78, 5) is 6.42. The van der Waals surface area contributed by atoms with Gasteiger partial charge in [-0.1, -0.05) is 13.8 Å². The summed E-state index contributed by atoms with van der Waals surface area (Å²) in [6.45, 7) is 6.05. The van der Waals surface area contributed by atoms with Gasteiger partial charge in [0.25, 0.3) is 0 Å². The van der Waals surface area contributed by atoms with Crippen LogP contribution in [-0.2, 0) is 0 Å². The largest absolute Gasteiger partial charge is 0.387 e. The first-order valence-electron chi connectivity index (χ1n) is 4.48. The number of rotatable bonds is 5. The van der Waals surface area contributed by atoms with Crippen LogP contribution in [0.2, 0.25) is 0 Å². The Bertz CT molecular complexity index is 139. The molecule has 0 bridgehead atoms. The van der Waals surface area contributed by atoms with Crippen molar-refractivity contribution < 1.29 is 0 Å². The van der Waals surface area contributed by atoms with E-state index in [-0.39, 0.29) is 0 Å². The van der Waals surface area contributed by atoms with E-state index < -0.39 is 0 Å². The van der Waals surface area contributed by atoms with Crippen molar-refractivity contribution in [2.24, 2.45) is 16.6 Å². The quantitative estimate of drug-likeness (QED) is 0.380. The van der Waals surface area contributed by atoms with Gasteiger partial charge in [-0.05, 0) is 27.1 Å². The third kappa shape index (κ3) is 6.16. The molecule has 2 N–H and O–H groups in total. The van der Waals surface area contributed by atoms with E-state index in [1.165, 1.54) is 0 Å². The Morgan fingerprint density at radius 3 is 2.42 bits per heavy atom. The predicted molar refractivity (Wildman–Crippen MR) is 54.5 cm³/mol. The maximum Gasteiger partial charge on any atom is 0.0962 e. The third-order valence-electron chi connectivity index (χ3n) is 1.65. The summed E-state index contributed by atoms with van der Waals surface area (Å²) in [6.07, 6.45) is 1.08. The minimum absolute atomic E-state index is 0.379. The van der Waals surface area contributed by atoms with Gasteiger partial charge in [0, 0.05) is 12.5 Å². The van der Waals surface area contributed by atoms with Crippen LogP contribution in [0.4, 0.5) is 0 Å². The molecule has 0 spiro atoms. The lowest BCUT2D eigenvalue weighted by molar-refractivity contribution is 0.403. The molecule has 0 aliphatic carbocycles. The normalized spacial score (nSPS) is 13.0. The van der Waals surface area contributed by atoms with Crippen LogP contribution in [-0.4, -0.2) is 37.9 Å². The van der Waals surface area contributed by atoms with Gasteiger partial charge in [-0.2, -0.15) is 0 Å². The number of nitrogens with zero attached hydrogens (tertiary/aromatic N) is 2. The molecule has 0 atom stereocenters. The molecule has 0 aromatic rings. The van der Waals surface area contributed by atoms with Crippen molar-refractivity contribution in [1.82, 2.24) is 4.90 Å². The molecular weight excluding hydrogens is 150 g/mol. The summed E-state index contributed by atoms with van der Waals surface area (Å²) in [5, 5.41) is 0. The van der Waals surface area contributed by atoms with Crippen LogP contribution in [0.3, 0.4) is 0 Å². The Morgan fingerprint density at radius 1 is 1.42 bits per heavy atom. The van der Waals surface area contributed by atoms with Gasteiger partial charge < -0.3 is 10.6 Å². The van der Waals surface area contributed by atoms with E-state index in [1.54, 1.807) is 0 Å². The Hall–Kier alpha value is -0.570. The SMILES string of the molecule is CC(C)C(N)=NCCCN(C)C. The summed E-state index contributed by atoms with van der Waals surface area (Å²) in [5.41, 5.74) is 5.67. The molecule has 12 heavy (non-hydrogen) atoms. The first-order chi connectivity index (χ1) is 5.54. The van der Waals surface area contributed by atoms with E-state index >= 15 is 0 Å². The van der Waals surface area contributed by atoms with Gasteiger partial charge in [0.1, 0.15) is 0 Å². The van der Waals surface area contributed by atoms with Crippen molar-refractivity contribution >= 4 is 5.84 Å². The molecule has 0 amide bonds. The van der Waals surface area contributed by atoms with Gasteiger partial charge in [0.15, 0.2) is 0 Å². The molecule has 3 nitrogen and oxygen atoms in total. The van der Waals surface area contributed by atoms with Crippen LogP contribution >= 0.6 is 0 Å². The maximum atomic E-state index is 5.67. The van der Waals surface area contributed by atoms with Crippen molar-refractivity contribution in [3.63, 3.8) is 0 Å². The van der Waals surface area contributed by atoms with Crippen LogP contribution < -0.4 is 5.73 Å². The van der Waals surface area contributed by atoms with Crippen molar-refractivity contribution in [2.75, 3.05) is 27.2 Å². The summed E-state index contributed by atoms with van der Waals surface area (Å²) < 4.78 is 0. The van der Waals surface area contributed by atoms with Gasteiger partial charge in [-0.25, -0.2) is 0 Å². The highest BCUT2D eigenvalue weighted by Crippen LogP contribution is 1.92. The molecule has 0 aromatic heterocycles. The molecule has 0 unspecified atom stereocenters. The highest BCUT2D eigenvalue weighted by molar-refractivity contribution is 5.82. The molecule has 0 saturated heterocycles. The number of nitrogens with two attached hydrogens (primary N) is 1. The van der Waals surface area contributed by atoms with Crippen LogP contribution in [0.1, 0.15) is 20.3 Å². The van der Waals surface area contributed by atoms with Gasteiger partial charge in [0.2, 0.25) is 0 Å². The molecule has 0 aromatic carbocycles. The molecular formula is C9H21N3. The van der Waals surface area contributed by atoms with Crippen molar-refractivity contribution in [3.05, 3.63) is 0 Å². The Balaban J connectivity index is 3.47. The van der Waals surface area contributed by atoms with E-state index in [0.717, 1.165) is 25.3 Å². The first kappa shape index (κ1) is 11.4. The summed E-state index contributed by atoms with van der Waals surface area (Å²) in [7, 11) is 4.13. The molecule has 0 rings (SSSR count). The zero-order valence-electron chi connectivity index (χ0n) is 8.67. The van der Waals surface area contributed by atoms with Crippen LogP contribution in [0, 0.1) is 5.92 Å². The zero-order chi connectivity index (χ0) is 9.56. The lowest BCUT2D eigenvalue weighted by Gasteiger charge is -2.08. The molecule has 0 heterocycles. The zero-order valence-corrected chi connectivity index (χ0v) is 8.67. The van der Waals surface area contributed by atoms with Crippen LogP contribution in [0.25, 0.3) is 0 Å². The standard InChI is InChI=1S/C9H21N3/c1-8(2)9(10)11-6-5-7-12(3)4/h8H,5-7H2,1-4H3,(H2,10,11). The lowest BCUT2D eigenvalue weighted by atomic mass is 10.2. The predicted octanol–water partition coefficient (Wildman–Crippen LogP) is 0.951. The fraction of sp³-hybridized carbons (Fsp3) is 0.889. The van der Waals surface area contributed by atoms with Gasteiger partial charge in [0.05, 0.1) is 5.84 Å². The molecule has 0 saturated carbocycles. The average Bonchev–Trinajstić information content (AvgIpc) is 1.97. The van der Waals surface area contributed by atoms with Crippen molar-refractivity contribution in [2.45, 2.75) is 20.3 Å². The minimum Gasteiger partial charge on any atom is -0.387 e. The number of amidine groups is 1. The van der Waals surface area contributed by atoms with E-state index in [0.29, 0.717) is 5.92 Å². The van der Waals surface area contributed by atoms with E-state index in [2.05, 4.69) is 37.8 Å². The summed E-state index contributed by atoms with van der Waals surface area (Å²) >= 11 is 0. The summed E-state index contributed by atoms with van der Waals surface area (Å²) in [6, 6.07) is 0. The lowest BCUT2D eigenvalue weighted by Crippen LogP contribution is -2.20. The van der Waals surface area contributed by atoms with Gasteiger partial charge in [-0.15, -0.1) is 0 Å². The Kier molecular flexibility index (Phi) is 5.72. The molecule has 72 valence electrons. The molecule has 0 aliphatic rings. The fourth-order valence-electron chi connectivity index (χ4n) is 0.778. The van der Waals surface area contributed by atoms with Gasteiger partial charge in [-0.3, -0.25) is 4.99 Å². The second kappa shape index (κ2) is 6.00. The smallest absolute Gasteiger partial charge is 0.0962 e. The van der Waals surface area contributed by atoms with Gasteiger partial charge >= 0.3 is 0 Å². The molecule has 0 aliphatic heterocycles.